The van der Waals surface area contributed by atoms with Gasteiger partial charge in [-0.05, 0) is 37.9 Å². The summed E-state index contributed by atoms with van der Waals surface area (Å²) in [6.45, 7) is 8.30. The Hall–Kier alpha value is -1.75. The smallest absolute Gasteiger partial charge is 0.138 e. The number of aryl methyl sites for hydroxylation is 2. The molecule has 114 valence electrons. The van der Waals surface area contributed by atoms with Gasteiger partial charge in [-0.15, -0.1) is 0 Å². The molecular formula is C16H25N5. The van der Waals surface area contributed by atoms with Crippen LogP contribution in [-0.2, 0) is 13.0 Å². The highest BCUT2D eigenvalue weighted by Crippen LogP contribution is 2.19. The van der Waals surface area contributed by atoms with Crippen LogP contribution in [0.4, 0.5) is 0 Å². The molecule has 0 fully saturated rings. The van der Waals surface area contributed by atoms with Gasteiger partial charge in [-0.3, -0.25) is 9.67 Å². The maximum atomic E-state index is 4.43. The fraction of sp³-hybridized carbons (Fsp3) is 0.562. The number of hydrogen-bond acceptors (Lipinski definition) is 4. The van der Waals surface area contributed by atoms with Gasteiger partial charge >= 0.3 is 0 Å². The van der Waals surface area contributed by atoms with Crippen molar-refractivity contribution in [3.63, 3.8) is 0 Å². The van der Waals surface area contributed by atoms with Crippen molar-refractivity contribution in [3.8, 4) is 0 Å². The average Bonchev–Trinajstić information content (AvgIpc) is 2.92. The van der Waals surface area contributed by atoms with E-state index in [9.17, 15) is 0 Å². The van der Waals surface area contributed by atoms with Crippen molar-refractivity contribution in [2.45, 2.75) is 52.6 Å². The third-order valence-electron chi connectivity index (χ3n) is 3.58. The fourth-order valence-corrected chi connectivity index (χ4v) is 2.50. The summed E-state index contributed by atoms with van der Waals surface area (Å²) in [5, 5.41) is 7.93. The topological polar surface area (TPSA) is 55.6 Å². The number of aromatic nitrogens is 4. The molecule has 0 aromatic carbocycles. The number of rotatable bonds is 8. The highest BCUT2D eigenvalue weighted by molar-refractivity contribution is 5.23. The summed E-state index contributed by atoms with van der Waals surface area (Å²) in [5.74, 6) is 1.04. The van der Waals surface area contributed by atoms with Gasteiger partial charge in [0.15, 0.2) is 0 Å². The Morgan fingerprint density at radius 2 is 2.10 bits per heavy atom. The highest BCUT2D eigenvalue weighted by atomic mass is 15.3. The lowest BCUT2D eigenvalue weighted by molar-refractivity contribution is 0.486. The minimum atomic E-state index is 0.235. The monoisotopic (exact) mass is 287 g/mol. The summed E-state index contributed by atoms with van der Waals surface area (Å²) in [5.41, 5.74) is 2.32. The van der Waals surface area contributed by atoms with Crippen molar-refractivity contribution in [2.24, 2.45) is 0 Å². The van der Waals surface area contributed by atoms with Gasteiger partial charge in [0, 0.05) is 30.9 Å². The quantitative estimate of drug-likeness (QED) is 0.811. The van der Waals surface area contributed by atoms with Crippen LogP contribution in [0.1, 0.15) is 49.8 Å². The molecule has 2 heterocycles. The Kier molecular flexibility index (Phi) is 5.87. The van der Waals surface area contributed by atoms with Crippen molar-refractivity contribution in [3.05, 3.63) is 41.7 Å². The van der Waals surface area contributed by atoms with Gasteiger partial charge < -0.3 is 5.32 Å². The van der Waals surface area contributed by atoms with E-state index in [1.54, 1.807) is 6.33 Å². The van der Waals surface area contributed by atoms with Crippen LogP contribution in [-0.4, -0.2) is 26.3 Å². The molecule has 2 aromatic heterocycles. The predicted molar refractivity (Wildman–Crippen MR) is 84.0 cm³/mol. The van der Waals surface area contributed by atoms with E-state index < -0.39 is 0 Å². The molecule has 0 aliphatic carbocycles. The lowest BCUT2D eigenvalue weighted by atomic mass is 10.0. The average molecular weight is 287 g/mol. The molecule has 5 heteroatoms. The molecule has 2 rings (SSSR count). The lowest BCUT2D eigenvalue weighted by Crippen LogP contribution is -2.26. The first kappa shape index (κ1) is 15.6. The van der Waals surface area contributed by atoms with Crippen LogP contribution in [0.15, 0.2) is 24.7 Å². The van der Waals surface area contributed by atoms with Gasteiger partial charge in [-0.25, -0.2) is 4.98 Å². The second-order valence-electron chi connectivity index (χ2n) is 5.29. The first-order valence-corrected chi connectivity index (χ1v) is 7.77. The van der Waals surface area contributed by atoms with E-state index in [1.165, 1.54) is 5.56 Å². The largest absolute Gasteiger partial charge is 0.309 e. The maximum Gasteiger partial charge on any atom is 0.138 e. The molecule has 0 aliphatic heterocycles. The molecule has 0 aliphatic rings. The second kappa shape index (κ2) is 7.88. The van der Waals surface area contributed by atoms with Crippen molar-refractivity contribution in [1.82, 2.24) is 25.1 Å². The Morgan fingerprint density at radius 1 is 1.24 bits per heavy atom. The first-order chi connectivity index (χ1) is 10.3. The van der Waals surface area contributed by atoms with Crippen molar-refractivity contribution >= 4 is 0 Å². The normalized spacial score (nSPS) is 12.5. The summed E-state index contributed by atoms with van der Waals surface area (Å²) < 4.78 is 2.01. The summed E-state index contributed by atoms with van der Waals surface area (Å²) in [7, 11) is 0. The van der Waals surface area contributed by atoms with Crippen LogP contribution in [0.5, 0.6) is 0 Å². The molecule has 0 saturated heterocycles. The van der Waals surface area contributed by atoms with Crippen LogP contribution in [0.25, 0.3) is 0 Å². The van der Waals surface area contributed by atoms with Crippen LogP contribution >= 0.6 is 0 Å². The van der Waals surface area contributed by atoms with E-state index >= 15 is 0 Å². The van der Waals surface area contributed by atoms with Crippen LogP contribution in [0.3, 0.4) is 0 Å². The molecule has 0 bridgehead atoms. The molecule has 0 radical (unpaired) electrons. The van der Waals surface area contributed by atoms with E-state index in [0.717, 1.165) is 43.9 Å². The third-order valence-corrected chi connectivity index (χ3v) is 3.58. The molecule has 5 nitrogen and oxygen atoms in total. The van der Waals surface area contributed by atoms with E-state index in [4.69, 9.17) is 0 Å². The van der Waals surface area contributed by atoms with Crippen LogP contribution < -0.4 is 5.32 Å². The standard InChI is InChI=1S/C16H25N5/c1-4-8-18-15(14-7-6-9-17-13(14)3)11-16-19-12-20-21(16)10-5-2/h6-7,9,12,15,18H,4-5,8,10-11H2,1-3H3. The van der Waals surface area contributed by atoms with Gasteiger partial charge in [0.2, 0.25) is 0 Å². The number of pyridine rings is 1. The zero-order valence-corrected chi connectivity index (χ0v) is 13.2. The first-order valence-electron chi connectivity index (χ1n) is 7.77. The van der Waals surface area contributed by atoms with E-state index in [-0.39, 0.29) is 6.04 Å². The Labute approximate surface area is 126 Å². The van der Waals surface area contributed by atoms with Crippen LogP contribution in [0, 0.1) is 6.92 Å². The van der Waals surface area contributed by atoms with Crippen molar-refractivity contribution < 1.29 is 0 Å². The summed E-state index contributed by atoms with van der Waals surface area (Å²) in [6.07, 6.45) is 6.51. The second-order valence-corrected chi connectivity index (χ2v) is 5.29. The summed E-state index contributed by atoms with van der Waals surface area (Å²) in [4.78, 5) is 8.84. The molecule has 21 heavy (non-hydrogen) atoms. The molecule has 0 spiro atoms. The Morgan fingerprint density at radius 3 is 2.81 bits per heavy atom. The van der Waals surface area contributed by atoms with Gasteiger partial charge in [-0.2, -0.15) is 5.10 Å². The highest BCUT2D eigenvalue weighted by Gasteiger charge is 2.17. The molecule has 1 N–H and O–H groups in total. The molecule has 0 saturated carbocycles. The van der Waals surface area contributed by atoms with E-state index in [1.807, 2.05) is 16.9 Å². The summed E-state index contributed by atoms with van der Waals surface area (Å²) in [6, 6.07) is 4.38. The zero-order chi connectivity index (χ0) is 15.1. The zero-order valence-electron chi connectivity index (χ0n) is 13.2. The van der Waals surface area contributed by atoms with Gasteiger partial charge in [-0.1, -0.05) is 19.9 Å². The van der Waals surface area contributed by atoms with E-state index in [2.05, 4.69) is 47.2 Å². The molecule has 1 atom stereocenters. The van der Waals surface area contributed by atoms with Gasteiger partial charge in [0.25, 0.3) is 0 Å². The third kappa shape index (κ3) is 4.11. The minimum absolute atomic E-state index is 0.235. The van der Waals surface area contributed by atoms with Gasteiger partial charge in [0.1, 0.15) is 12.2 Å². The molecule has 2 aromatic rings. The molecule has 0 amide bonds. The van der Waals surface area contributed by atoms with Crippen LogP contribution in [0.2, 0.25) is 0 Å². The number of nitrogens with one attached hydrogen (secondary N) is 1. The number of hydrogen-bond donors (Lipinski definition) is 1. The Bertz CT molecular complexity index is 549. The van der Waals surface area contributed by atoms with Crippen molar-refractivity contribution in [2.75, 3.05) is 6.54 Å². The lowest BCUT2D eigenvalue weighted by Gasteiger charge is -2.20. The molecular weight excluding hydrogens is 262 g/mol. The Balaban J connectivity index is 2.20. The molecule has 1 unspecified atom stereocenters. The minimum Gasteiger partial charge on any atom is -0.309 e. The maximum absolute atomic E-state index is 4.43. The summed E-state index contributed by atoms with van der Waals surface area (Å²) >= 11 is 0. The van der Waals surface area contributed by atoms with Gasteiger partial charge in [0.05, 0.1) is 0 Å². The number of nitrogens with zero attached hydrogens (tertiary/aromatic N) is 4. The SMILES string of the molecule is CCCNC(Cc1ncnn1CCC)c1cccnc1C. The van der Waals surface area contributed by atoms with E-state index in [0.29, 0.717) is 0 Å². The fourth-order valence-electron chi connectivity index (χ4n) is 2.50. The predicted octanol–water partition coefficient (Wildman–Crippen LogP) is 2.67. The van der Waals surface area contributed by atoms with Crippen molar-refractivity contribution in [1.29, 1.82) is 0 Å².